The second-order valence-corrected chi connectivity index (χ2v) is 6.85. The number of nitro groups is 1. The number of nitrogens with zero attached hydrogens (tertiary/aromatic N) is 2. The Balaban J connectivity index is 1.59. The van der Waals surface area contributed by atoms with Crippen molar-refractivity contribution >= 4 is 23.3 Å². The molecule has 0 spiro atoms. The number of ether oxygens (including phenoxy) is 1. The number of nitro benzene ring substituents is 1. The SMILES string of the molecule is O=C(COC(=O)c1ccc(N2CCCCC2)c([N+](=O)[O-])c1)NCc1ccccc1. The molecule has 8 nitrogen and oxygen atoms in total. The highest BCUT2D eigenvalue weighted by molar-refractivity contribution is 5.93. The molecule has 29 heavy (non-hydrogen) atoms. The first-order valence-electron chi connectivity index (χ1n) is 9.56. The highest BCUT2D eigenvalue weighted by Crippen LogP contribution is 2.31. The van der Waals surface area contributed by atoms with E-state index >= 15 is 0 Å². The maximum atomic E-state index is 12.2. The standard InChI is InChI=1S/C21H23N3O5/c25-20(22-14-16-7-3-1-4-8-16)15-29-21(26)17-9-10-18(19(13-17)24(27)28)23-11-5-2-6-12-23/h1,3-4,7-10,13H,2,5-6,11-12,14-15H2,(H,22,25). The quantitative estimate of drug-likeness (QED) is 0.438. The third-order valence-corrected chi connectivity index (χ3v) is 4.77. The molecule has 3 rings (SSSR count). The molecule has 0 saturated carbocycles. The Bertz CT molecular complexity index is 879. The lowest BCUT2D eigenvalue weighted by molar-refractivity contribution is -0.384. The van der Waals surface area contributed by atoms with E-state index in [2.05, 4.69) is 5.32 Å². The predicted molar refractivity (Wildman–Crippen MR) is 108 cm³/mol. The number of amides is 1. The van der Waals surface area contributed by atoms with Crippen molar-refractivity contribution in [3.63, 3.8) is 0 Å². The van der Waals surface area contributed by atoms with Crippen LogP contribution in [0.25, 0.3) is 0 Å². The molecule has 1 N–H and O–H groups in total. The van der Waals surface area contributed by atoms with Crippen molar-refractivity contribution in [1.82, 2.24) is 5.32 Å². The lowest BCUT2D eigenvalue weighted by atomic mass is 10.1. The van der Waals surface area contributed by atoms with Crippen LogP contribution in [0.3, 0.4) is 0 Å². The smallest absolute Gasteiger partial charge is 0.338 e. The van der Waals surface area contributed by atoms with Gasteiger partial charge in [0, 0.05) is 25.7 Å². The minimum atomic E-state index is -0.770. The van der Waals surface area contributed by atoms with Crippen molar-refractivity contribution < 1.29 is 19.2 Å². The van der Waals surface area contributed by atoms with Gasteiger partial charge >= 0.3 is 5.97 Å². The molecule has 1 saturated heterocycles. The molecule has 1 heterocycles. The first-order chi connectivity index (χ1) is 14.0. The summed E-state index contributed by atoms with van der Waals surface area (Å²) in [5.74, 6) is -1.21. The molecule has 0 aliphatic carbocycles. The number of esters is 1. The van der Waals surface area contributed by atoms with Crippen LogP contribution in [0.1, 0.15) is 35.2 Å². The van der Waals surface area contributed by atoms with Gasteiger partial charge in [-0.2, -0.15) is 0 Å². The summed E-state index contributed by atoms with van der Waals surface area (Å²) < 4.78 is 5.01. The molecule has 0 unspecified atom stereocenters. The van der Waals surface area contributed by atoms with E-state index in [1.54, 1.807) is 6.07 Å². The van der Waals surface area contributed by atoms with Gasteiger partial charge in [0.1, 0.15) is 5.69 Å². The predicted octanol–water partition coefficient (Wildman–Crippen LogP) is 3.06. The monoisotopic (exact) mass is 397 g/mol. The van der Waals surface area contributed by atoms with E-state index < -0.39 is 23.4 Å². The van der Waals surface area contributed by atoms with Crippen molar-refractivity contribution in [2.24, 2.45) is 0 Å². The zero-order chi connectivity index (χ0) is 20.6. The molecule has 0 atom stereocenters. The second-order valence-electron chi connectivity index (χ2n) is 6.85. The lowest BCUT2D eigenvalue weighted by Gasteiger charge is -2.28. The lowest BCUT2D eigenvalue weighted by Crippen LogP contribution is -2.30. The summed E-state index contributed by atoms with van der Waals surface area (Å²) in [6.45, 7) is 1.39. The fourth-order valence-corrected chi connectivity index (χ4v) is 3.26. The van der Waals surface area contributed by atoms with Crippen LogP contribution in [0.15, 0.2) is 48.5 Å². The van der Waals surface area contributed by atoms with Gasteiger partial charge in [-0.25, -0.2) is 4.79 Å². The zero-order valence-electron chi connectivity index (χ0n) is 16.0. The van der Waals surface area contributed by atoms with Gasteiger partial charge in [-0.3, -0.25) is 14.9 Å². The summed E-state index contributed by atoms with van der Waals surface area (Å²) in [5, 5.41) is 14.1. The summed E-state index contributed by atoms with van der Waals surface area (Å²) in [6, 6.07) is 13.6. The maximum absolute atomic E-state index is 12.2. The number of carbonyl (C=O) groups excluding carboxylic acids is 2. The van der Waals surface area contributed by atoms with Crippen molar-refractivity contribution in [2.45, 2.75) is 25.8 Å². The van der Waals surface area contributed by atoms with Gasteiger partial charge in [0.25, 0.3) is 11.6 Å². The van der Waals surface area contributed by atoms with E-state index in [-0.39, 0.29) is 11.3 Å². The van der Waals surface area contributed by atoms with Crippen molar-refractivity contribution in [3.05, 3.63) is 69.8 Å². The molecule has 2 aromatic rings. The molecule has 152 valence electrons. The fourth-order valence-electron chi connectivity index (χ4n) is 3.26. The number of hydrogen-bond donors (Lipinski definition) is 1. The summed E-state index contributed by atoms with van der Waals surface area (Å²) in [7, 11) is 0. The number of benzene rings is 2. The number of anilines is 1. The summed E-state index contributed by atoms with van der Waals surface area (Å²) in [4.78, 5) is 37.1. The molecule has 0 aromatic heterocycles. The molecule has 1 aliphatic heterocycles. The van der Waals surface area contributed by atoms with Crippen molar-refractivity contribution in [1.29, 1.82) is 0 Å². The third kappa shape index (κ3) is 5.54. The minimum absolute atomic E-state index is 0.0494. The van der Waals surface area contributed by atoms with Crippen LogP contribution >= 0.6 is 0 Å². The van der Waals surface area contributed by atoms with Crippen LogP contribution in [0.4, 0.5) is 11.4 Å². The Hall–Kier alpha value is -3.42. The molecule has 0 bridgehead atoms. The number of nitrogens with one attached hydrogen (secondary N) is 1. The molecule has 2 aromatic carbocycles. The van der Waals surface area contributed by atoms with E-state index in [4.69, 9.17) is 4.74 Å². The van der Waals surface area contributed by atoms with E-state index in [0.717, 1.165) is 37.9 Å². The van der Waals surface area contributed by atoms with Gasteiger partial charge < -0.3 is 15.0 Å². The Kier molecular flexibility index (Phi) is 6.78. The summed E-state index contributed by atoms with van der Waals surface area (Å²) in [6.07, 6.45) is 3.08. The van der Waals surface area contributed by atoms with Gasteiger partial charge in [-0.15, -0.1) is 0 Å². The fraction of sp³-hybridized carbons (Fsp3) is 0.333. The van der Waals surface area contributed by atoms with Crippen LogP contribution in [-0.2, 0) is 16.1 Å². The Morgan fingerprint density at radius 3 is 2.48 bits per heavy atom. The third-order valence-electron chi connectivity index (χ3n) is 4.77. The second kappa shape index (κ2) is 9.68. The maximum Gasteiger partial charge on any atom is 0.338 e. The van der Waals surface area contributed by atoms with Gasteiger partial charge in [0.2, 0.25) is 0 Å². The first-order valence-corrected chi connectivity index (χ1v) is 9.56. The van der Waals surface area contributed by atoms with Gasteiger partial charge in [0.05, 0.1) is 10.5 Å². The summed E-state index contributed by atoms with van der Waals surface area (Å²) >= 11 is 0. The van der Waals surface area contributed by atoms with Crippen LogP contribution in [0, 0.1) is 10.1 Å². The highest BCUT2D eigenvalue weighted by Gasteiger charge is 2.23. The van der Waals surface area contributed by atoms with Crippen molar-refractivity contribution in [3.8, 4) is 0 Å². The van der Waals surface area contributed by atoms with Crippen LogP contribution < -0.4 is 10.2 Å². The molecular formula is C21H23N3O5. The summed E-state index contributed by atoms with van der Waals surface area (Å²) in [5.41, 5.74) is 1.35. The molecule has 1 fully saturated rings. The minimum Gasteiger partial charge on any atom is -0.452 e. The van der Waals surface area contributed by atoms with Crippen molar-refractivity contribution in [2.75, 3.05) is 24.6 Å². The highest BCUT2D eigenvalue weighted by atomic mass is 16.6. The Morgan fingerprint density at radius 2 is 1.79 bits per heavy atom. The molecule has 0 radical (unpaired) electrons. The van der Waals surface area contributed by atoms with E-state index in [9.17, 15) is 19.7 Å². The average Bonchev–Trinajstić information content (AvgIpc) is 2.77. The number of carbonyl (C=O) groups is 2. The topological polar surface area (TPSA) is 102 Å². The Labute approximate surface area is 168 Å². The van der Waals surface area contributed by atoms with Gasteiger partial charge in [-0.05, 0) is 37.0 Å². The van der Waals surface area contributed by atoms with E-state index in [0.29, 0.717) is 12.2 Å². The molecular weight excluding hydrogens is 374 g/mol. The number of piperidine rings is 1. The molecule has 1 amide bonds. The molecule has 1 aliphatic rings. The van der Waals surface area contributed by atoms with Gasteiger partial charge in [0.15, 0.2) is 6.61 Å². The Morgan fingerprint density at radius 1 is 1.07 bits per heavy atom. The first kappa shape index (κ1) is 20.3. The largest absolute Gasteiger partial charge is 0.452 e. The van der Waals surface area contributed by atoms with Crippen LogP contribution in [-0.4, -0.2) is 36.5 Å². The number of hydrogen-bond acceptors (Lipinski definition) is 6. The van der Waals surface area contributed by atoms with E-state index in [1.807, 2.05) is 35.2 Å². The molecule has 8 heteroatoms. The average molecular weight is 397 g/mol. The normalized spacial score (nSPS) is 13.6. The van der Waals surface area contributed by atoms with Gasteiger partial charge in [-0.1, -0.05) is 30.3 Å². The van der Waals surface area contributed by atoms with E-state index in [1.165, 1.54) is 12.1 Å². The van der Waals surface area contributed by atoms with Crippen LogP contribution in [0.5, 0.6) is 0 Å². The zero-order valence-corrected chi connectivity index (χ0v) is 16.0. The number of rotatable bonds is 7. The van der Waals surface area contributed by atoms with Crippen LogP contribution in [0.2, 0.25) is 0 Å².